The molecule has 0 saturated heterocycles. The SMILES string of the molecule is CC(C)c1cc(C(C)C)c(CS(=O)(=O)NC2CCCCC2N)c(C(C)C)c1. The van der Waals surface area contributed by atoms with E-state index in [0.717, 1.165) is 42.4 Å². The highest BCUT2D eigenvalue weighted by atomic mass is 32.2. The summed E-state index contributed by atoms with van der Waals surface area (Å²) in [5.41, 5.74) is 10.7. The van der Waals surface area contributed by atoms with Gasteiger partial charge < -0.3 is 5.73 Å². The number of benzene rings is 1. The molecule has 1 fully saturated rings. The van der Waals surface area contributed by atoms with Crippen molar-refractivity contribution < 1.29 is 8.42 Å². The normalized spacial score (nSPS) is 21.4. The molecule has 0 spiro atoms. The molecule has 27 heavy (non-hydrogen) atoms. The minimum atomic E-state index is -3.44. The maximum Gasteiger partial charge on any atom is 0.216 e. The van der Waals surface area contributed by atoms with Crippen LogP contribution >= 0.6 is 0 Å². The molecule has 2 unspecified atom stereocenters. The fourth-order valence-corrected chi connectivity index (χ4v) is 5.59. The Morgan fingerprint density at radius 1 is 0.963 bits per heavy atom. The van der Waals surface area contributed by atoms with E-state index in [2.05, 4.69) is 58.4 Å². The fourth-order valence-electron chi connectivity index (χ4n) is 4.04. The molecule has 154 valence electrons. The van der Waals surface area contributed by atoms with Crippen molar-refractivity contribution in [2.75, 3.05) is 0 Å². The first-order valence-electron chi connectivity index (χ1n) is 10.4. The topological polar surface area (TPSA) is 72.2 Å². The van der Waals surface area contributed by atoms with Gasteiger partial charge in [0.25, 0.3) is 0 Å². The van der Waals surface area contributed by atoms with E-state index in [1.165, 1.54) is 5.56 Å². The number of hydrogen-bond acceptors (Lipinski definition) is 3. The number of sulfonamides is 1. The van der Waals surface area contributed by atoms with Gasteiger partial charge in [-0.25, -0.2) is 13.1 Å². The summed E-state index contributed by atoms with van der Waals surface area (Å²) >= 11 is 0. The summed E-state index contributed by atoms with van der Waals surface area (Å²) in [6.45, 7) is 12.9. The molecular weight excluding hydrogens is 356 g/mol. The van der Waals surface area contributed by atoms with Gasteiger partial charge in [0, 0.05) is 12.1 Å². The second kappa shape index (κ2) is 9.06. The van der Waals surface area contributed by atoms with Crippen molar-refractivity contribution in [2.45, 2.75) is 103 Å². The summed E-state index contributed by atoms with van der Waals surface area (Å²) < 4.78 is 28.9. The van der Waals surface area contributed by atoms with Crippen LogP contribution in [0, 0.1) is 0 Å². The van der Waals surface area contributed by atoms with Gasteiger partial charge in [0.1, 0.15) is 0 Å². The zero-order valence-corrected chi connectivity index (χ0v) is 18.7. The third-order valence-corrected chi connectivity index (χ3v) is 7.07. The highest BCUT2D eigenvalue weighted by molar-refractivity contribution is 7.88. The molecule has 0 aromatic heterocycles. The molecule has 0 radical (unpaired) electrons. The van der Waals surface area contributed by atoms with Crippen LogP contribution in [-0.2, 0) is 15.8 Å². The number of hydrogen-bond donors (Lipinski definition) is 2. The lowest BCUT2D eigenvalue weighted by atomic mass is 9.85. The summed E-state index contributed by atoms with van der Waals surface area (Å²) in [6, 6.07) is 4.20. The van der Waals surface area contributed by atoms with Gasteiger partial charge in [0.05, 0.1) is 5.75 Å². The van der Waals surface area contributed by atoms with E-state index < -0.39 is 10.0 Å². The monoisotopic (exact) mass is 394 g/mol. The van der Waals surface area contributed by atoms with Crippen LogP contribution in [0.5, 0.6) is 0 Å². The van der Waals surface area contributed by atoms with E-state index in [1.807, 2.05) is 0 Å². The number of nitrogens with two attached hydrogens (primary N) is 1. The molecule has 0 bridgehead atoms. The van der Waals surface area contributed by atoms with Gasteiger partial charge in [-0.05, 0) is 52.8 Å². The van der Waals surface area contributed by atoms with E-state index >= 15 is 0 Å². The Labute approximate surface area is 166 Å². The lowest BCUT2D eigenvalue weighted by molar-refractivity contribution is 0.361. The van der Waals surface area contributed by atoms with Gasteiger partial charge in [0.15, 0.2) is 0 Å². The van der Waals surface area contributed by atoms with Crippen LogP contribution in [0.25, 0.3) is 0 Å². The van der Waals surface area contributed by atoms with Crippen molar-refractivity contribution in [1.29, 1.82) is 0 Å². The zero-order valence-electron chi connectivity index (χ0n) is 17.9. The zero-order chi connectivity index (χ0) is 20.4. The Morgan fingerprint density at radius 2 is 1.48 bits per heavy atom. The molecule has 4 nitrogen and oxygen atoms in total. The van der Waals surface area contributed by atoms with Crippen LogP contribution in [0.4, 0.5) is 0 Å². The van der Waals surface area contributed by atoms with Crippen molar-refractivity contribution in [2.24, 2.45) is 5.73 Å². The third kappa shape index (κ3) is 5.78. The van der Waals surface area contributed by atoms with E-state index in [9.17, 15) is 8.42 Å². The van der Waals surface area contributed by atoms with Crippen LogP contribution in [0.15, 0.2) is 12.1 Å². The molecule has 1 aliphatic rings. The predicted octanol–water partition coefficient (Wildman–Crippen LogP) is 4.75. The quantitative estimate of drug-likeness (QED) is 0.701. The predicted molar refractivity (Wildman–Crippen MR) is 115 cm³/mol. The van der Waals surface area contributed by atoms with Crippen molar-refractivity contribution in [3.05, 3.63) is 34.4 Å². The molecule has 1 saturated carbocycles. The smallest absolute Gasteiger partial charge is 0.216 e. The maximum atomic E-state index is 13.0. The van der Waals surface area contributed by atoms with Crippen molar-refractivity contribution in [1.82, 2.24) is 4.72 Å². The second-order valence-electron chi connectivity index (χ2n) is 9.07. The molecule has 0 heterocycles. The fraction of sp³-hybridized carbons (Fsp3) is 0.727. The Bertz CT molecular complexity index is 710. The molecule has 1 aromatic rings. The van der Waals surface area contributed by atoms with Gasteiger partial charge in [-0.2, -0.15) is 0 Å². The average Bonchev–Trinajstić information content (AvgIpc) is 2.55. The maximum absolute atomic E-state index is 13.0. The van der Waals surface area contributed by atoms with E-state index in [0.29, 0.717) is 5.92 Å². The molecule has 1 aromatic carbocycles. The first-order chi connectivity index (χ1) is 12.5. The summed E-state index contributed by atoms with van der Waals surface area (Å²) in [5, 5.41) is 0. The van der Waals surface area contributed by atoms with Crippen LogP contribution < -0.4 is 10.5 Å². The Hall–Kier alpha value is -0.910. The Balaban J connectivity index is 2.40. The van der Waals surface area contributed by atoms with Gasteiger partial charge >= 0.3 is 0 Å². The molecular formula is C22H38N2O2S. The molecule has 2 rings (SSSR count). The van der Waals surface area contributed by atoms with Crippen molar-refractivity contribution in [3.63, 3.8) is 0 Å². The third-order valence-electron chi connectivity index (χ3n) is 5.74. The van der Waals surface area contributed by atoms with Crippen molar-refractivity contribution >= 4 is 10.0 Å². The molecule has 0 aliphatic heterocycles. The summed E-state index contributed by atoms with van der Waals surface area (Å²) in [7, 11) is -3.44. The van der Waals surface area contributed by atoms with E-state index in [1.54, 1.807) is 0 Å². The first kappa shape index (κ1) is 22.4. The number of rotatable bonds is 7. The van der Waals surface area contributed by atoms with Crippen LogP contribution in [0.2, 0.25) is 0 Å². The Kier molecular flexibility index (Phi) is 7.51. The minimum Gasteiger partial charge on any atom is -0.326 e. The largest absolute Gasteiger partial charge is 0.326 e. The lowest BCUT2D eigenvalue weighted by Crippen LogP contribution is -2.49. The van der Waals surface area contributed by atoms with Crippen LogP contribution in [-0.4, -0.2) is 20.5 Å². The van der Waals surface area contributed by atoms with E-state index in [-0.39, 0.29) is 29.7 Å². The van der Waals surface area contributed by atoms with Gasteiger partial charge in [-0.1, -0.05) is 66.5 Å². The molecule has 0 amide bonds. The lowest BCUT2D eigenvalue weighted by Gasteiger charge is -2.29. The molecule has 3 N–H and O–H groups in total. The Morgan fingerprint density at radius 3 is 1.93 bits per heavy atom. The van der Waals surface area contributed by atoms with Crippen molar-refractivity contribution in [3.8, 4) is 0 Å². The van der Waals surface area contributed by atoms with Gasteiger partial charge in [-0.3, -0.25) is 0 Å². The summed E-state index contributed by atoms with van der Waals surface area (Å²) in [5.74, 6) is 1.02. The van der Waals surface area contributed by atoms with Gasteiger partial charge in [-0.15, -0.1) is 0 Å². The van der Waals surface area contributed by atoms with Gasteiger partial charge in [0.2, 0.25) is 10.0 Å². The molecule has 5 heteroatoms. The standard InChI is InChI=1S/C22H38N2O2S/c1-14(2)17-11-18(15(3)4)20(19(12-17)16(5)6)13-27(25,26)24-22-10-8-7-9-21(22)23/h11-12,14-16,21-22,24H,7-10,13,23H2,1-6H3. The summed E-state index contributed by atoms with van der Waals surface area (Å²) in [6.07, 6.45) is 3.86. The molecule has 2 atom stereocenters. The highest BCUT2D eigenvalue weighted by Crippen LogP contribution is 2.33. The van der Waals surface area contributed by atoms with E-state index in [4.69, 9.17) is 5.73 Å². The highest BCUT2D eigenvalue weighted by Gasteiger charge is 2.28. The average molecular weight is 395 g/mol. The van der Waals surface area contributed by atoms with Crippen LogP contribution in [0.1, 0.15) is 107 Å². The molecule has 1 aliphatic carbocycles. The summed E-state index contributed by atoms with van der Waals surface area (Å²) in [4.78, 5) is 0. The second-order valence-corrected chi connectivity index (χ2v) is 10.8. The van der Waals surface area contributed by atoms with Crippen LogP contribution in [0.3, 0.4) is 0 Å². The number of nitrogens with one attached hydrogen (secondary N) is 1. The minimum absolute atomic E-state index is 0.0373. The first-order valence-corrected chi connectivity index (χ1v) is 12.1.